The minimum absolute atomic E-state index is 0.00970. The molecule has 1 amide bonds. The number of carbonyl (C=O) groups is 1. The lowest BCUT2D eigenvalue weighted by molar-refractivity contribution is -0.185. The smallest absolute Gasteiger partial charge is 0.341 e. The third kappa shape index (κ3) is 4.96. The van der Waals surface area contributed by atoms with Crippen molar-refractivity contribution in [1.82, 2.24) is 4.90 Å². The van der Waals surface area contributed by atoms with Gasteiger partial charge in [0.2, 0.25) is 5.91 Å². The van der Waals surface area contributed by atoms with Gasteiger partial charge in [0, 0.05) is 25.6 Å². The van der Waals surface area contributed by atoms with Crippen molar-refractivity contribution in [3.8, 4) is 0 Å². The van der Waals surface area contributed by atoms with E-state index in [1.807, 2.05) is 6.92 Å². The Kier molecular flexibility index (Phi) is 6.79. The van der Waals surface area contributed by atoms with Crippen LogP contribution in [-0.2, 0) is 4.79 Å². The van der Waals surface area contributed by atoms with E-state index in [4.69, 9.17) is 5.73 Å². The maximum atomic E-state index is 12.6. The van der Waals surface area contributed by atoms with Crippen LogP contribution >= 0.6 is 0 Å². The van der Waals surface area contributed by atoms with Crippen LogP contribution < -0.4 is 5.73 Å². The molecule has 0 spiro atoms. The molecule has 1 fully saturated rings. The van der Waals surface area contributed by atoms with Gasteiger partial charge < -0.3 is 10.6 Å². The summed E-state index contributed by atoms with van der Waals surface area (Å²) >= 11 is 0. The Morgan fingerprint density at radius 2 is 1.80 bits per heavy atom. The molecule has 2 N–H and O–H groups in total. The van der Waals surface area contributed by atoms with Crippen molar-refractivity contribution >= 4 is 5.91 Å². The van der Waals surface area contributed by atoms with Crippen molar-refractivity contribution < 1.29 is 18.0 Å². The summed E-state index contributed by atoms with van der Waals surface area (Å²) in [5.41, 5.74) is 5.50. The Balaban J connectivity index is 2.51. The lowest BCUT2D eigenvalue weighted by atomic mass is 9.81. The molecule has 0 radical (unpaired) electrons. The molecule has 0 heterocycles. The van der Waals surface area contributed by atoms with Crippen molar-refractivity contribution in [2.24, 2.45) is 17.6 Å². The van der Waals surface area contributed by atoms with E-state index in [9.17, 15) is 18.0 Å². The minimum Gasteiger partial charge on any atom is -0.341 e. The number of amides is 1. The van der Waals surface area contributed by atoms with Crippen LogP contribution in [0.3, 0.4) is 0 Å². The first-order valence-electron chi connectivity index (χ1n) is 7.45. The number of rotatable bonds is 6. The maximum absolute atomic E-state index is 12.6. The largest absolute Gasteiger partial charge is 0.391 e. The maximum Gasteiger partial charge on any atom is 0.391 e. The molecule has 0 aromatic heterocycles. The highest BCUT2D eigenvalue weighted by Crippen LogP contribution is 2.39. The van der Waals surface area contributed by atoms with Gasteiger partial charge in [-0.25, -0.2) is 0 Å². The van der Waals surface area contributed by atoms with E-state index in [-0.39, 0.29) is 24.7 Å². The molecule has 1 rings (SSSR count). The van der Waals surface area contributed by atoms with Crippen molar-refractivity contribution in [1.29, 1.82) is 0 Å². The molecule has 118 valence electrons. The van der Waals surface area contributed by atoms with Crippen molar-refractivity contribution in [3.63, 3.8) is 0 Å². The average Bonchev–Trinajstić information content (AvgIpc) is 2.42. The predicted molar refractivity (Wildman–Crippen MR) is 72.0 cm³/mol. The Hall–Kier alpha value is -0.780. The summed E-state index contributed by atoms with van der Waals surface area (Å²) in [6.07, 6.45) is -1.40. The van der Waals surface area contributed by atoms with Crippen LogP contribution in [-0.4, -0.2) is 36.6 Å². The topological polar surface area (TPSA) is 46.3 Å². The Labute approximate surface area is 118 Å². The van der Waals surface area contributed by atoms with Crippen LogP contribution in [0, 0.1) is 11.8 Å². The van der Waals surface area contributed by atoms with Gasteiger partial charge in [0.1, 0.15) is 0 Å². The summed E-state index contributed by atoms with van der Waals surface area (Å²) in [5, 5.41) is 0. The Morgan fingerprint density at radius 1 is 1.20 bits per heavy atom. The number of carbonyl (C=O) groups excluding carboxylic acids is 1. The number of hydrogen-bond acceptors (Lipinski definition) is 2. The number of halogens is 3. The fraction of sp³-hybridized carbons (Fsp3) is 0.929. The molecule has 20 heavy (non-hydrogen) atoms. The molecule has 1 saturated carbocycles. The van der Waals surface area contributed by atoms with E-state index < -0.39 is 12.1 Å². The van der Waals surface area contributed by atoms with Gasteiger partial charge in [-0.2, -0.15) is 13.2 Å². The number of alkyl halides is 3. The number of nitrogens with two attached hydrogens (primary N) is 1. The molecule has 3 nitrogen and oxygen atoms in total. The highest BCUT2D eigenvalue weighted by molar-refractivity contribution is 5.78. The Bertz CT molecular complexity index is 299. The highest BCUT2D eigenvalue weighted by atomic mass is 19.4. The number of unbranched alkanes of at least 4 members (excludes halogenated alkanes) is 1. The lowest BCUT2D eigenvalue weighted by Gasteiger charge is -2.32. The average molecular weight is 294 g/mol. The number of nitrogens with zero attached hydrogens (tertiary/aromatic N) is 1. The summed E-state index contributed by atoms with van der Waals surface area (Å²) in [6, 6.07) is 0. The summed E-state index contributed by atoms with van der Waals surface area (Å²) in [5.74, 6) is -1.49. The second kappa shape index (κ2) is 7.86. The molecular formula is C14H25F3N2O. The first-order chi connectivity index (χ1) is 9.40. The van der Waals surface area contributed by atoms with Crippen LogP contribution in [0.4, 0.5) is 13.2 Å². The summed E-state index contributed by atoms with van der Waals surface area (Å²) in [7, 11) is 0. The molecule has 1 aliphatic rings. The van der Waals surface area contributed by atoms with Crippen molar-refractivity contribution in [2.45, 2.75) is 51.6 Å². The summed E-state index contributed by atoms with van der Waals surface area (Å²) < 4.78 is 37.8. The van der Waals surface area contributed by atoms with E-state index in [1.54, 1.807) is 4.90 Å². The monoisotopic (exact) mass is 294 g/mol. The van der Waals surface area contributed by atoms with E-state index in [2.05, 4.69) is 0 Å². The van der Waals surface area contributed by atoms with Crippen LogP contribution in [0.15, 0.2) is 0 Å². The van der Waals surface area contributed by atoms with Gasteiger partial charge in [-0.1, -0.05) is 13.3 Å². The van der Waals surface area contributed by atoms with Gasteiger partial charge in [0.05, 0.1) is 5.92 Å². The highest BCUT2D eigenvalue weighted by Gasteiger charge is 2.42. The summed E-state index contributed by atoms with van der Waals surface area (Å²) in [4.78, 5) is 14.1. The second-order valence-electron chi connectivity index (χ2n) is 5.56. The molecule has 0 aliphatic heterocycles. The van der Waals surface area contributed by atoms with Crippen LogP contribution in [0.2, 0.25) is 0 Å². The van der Waals surface area contributed by atoms with Gasteiger partial charge in [-0.15, -0.1) is 0 Å². The Morgan fingerprint density at radius 3 is 2.25 bits per heavy atom. The normalized spacial score (nSPS) is 23.6. The van der Waals surface area contributed by atoms with E-state index in [1.165, 1.54) is 0 Å². The van der Waals surface area contributed by atoms with Gasteiger partial charge >= 0.3 is 6.18 Å². The molecule has 0 atom stereocenters. The third-order valence-corrected chi connectivity index (χ3v) is 4.03. The molecule has 0 saturated heterocycles. The van der Waals surface area contributed by atoms with Crippen LogP contribution in [0.25, 0.3) is 0 Å². The van der Waals surface area contributed by atoms with Gasteiger partial charge in [0.15, 0.2) is 0 Å². The molecule has 6 heteroatoms. The molecule has 0 unspecified atom stereocenters. The zero-order chi connectivity index (χ0) is 15.2. The SMILES string of the molecule is CCCCN(CCN)C(=O)C1CCC(C(F)(F)F)CC1. The van der Waals surface area contributed by atoms with Crippen LogP contribution in [0.1, 0.15) is 45.4 Å². The predicted octanol–water partition coefficient (Wildman–Crippen LogP) is 2.94. The molecular weight excluding hydrogens is 269 g/mol. The number of hydrogen-bond donors (Lipinski definition) is 1. The van der Waals surface area contributed by atoms with E-state index >= 15 is 0 Å². The molecule has 0 bridgehead atoms. The second-order valence-corrected chi connectivity index (χ2v) is 5.56. The molecule has 1 aliphatic carbocycles. The standard InChI is InChI=1S/C14H25F3N2O/c1-2-3-9-19(10-8-18)13(20)11-4-6-12(7-5-11)14(15,16)17/h11-12H,2-10,18H2,1H3. The van der Waals surface area contributed by atoms with Gasteiger partial charge in [0.25, 0.3) is 0 Å². The molecule has 0 aromatic rings. The van der Waals surface area contributed by atoms with E-state index in [0.717, 1.165) is 12.8 Å². The van der Waals surface area contributed by atoms with Crippen molar-refractivity contribution in [3.05, 3.63) is 0 Å². The van der Waals surface area contributed by atoms with Gasteiger partial charge in [-0.05, 0) is 32.1 Å². The fourth-order valence-corrected chi connectivity index (χ4v) is 2.76. The zero-order valence-electron chi connectivity index (χ0n) is 12.1. The quantitative estimate of drug-likeness (QED) is 0.818. The first kappa shape index (κ1) is 17.3. The lowest BCUT2D eigenvalue weighted by Crippen LogP contribution is -2.42. The molecule has 0 aromatic carbocycles. The first-order valence-corrected chi connectivity index (χ1v) is 7.45. The minimum atomic E-state index is -4.12. The van der Waals surface area contributed by atoms with Crippen molar-refractivity contribution in [2.75, 3.05) is 19.6 Å². The third-order valence-electron chi connectivity index (χ3n) is 4.03. The van der Waals surface area contributed by atoms with E-state index in [0.29, 0.717) is 32.5 Å². The summed E-state index contributed by atoms with van der Waals surface area (Å²) in [6.45, 7) is 3.59. The zero-order valence-corrected chi connectivity index (χ0v) is 12.1. The fourth-order valence-electron chi connectivity index (χ4n) is 2.76. The van der Waals surface area contributed by atoms with Crippen LogP contribution in [0.5, 0.6) is 0 Å². The van der Waals surface area contributed by atoms with Gasteiger partial charge in [-0.3, -0.25) is 4.79 Å².